The number of anilines is 1. The average molecular weight is 409 g/mol. The number of piperidine rings is 1. The number of likely N-dealkylation sites (tertiary alicyclic amines) is 1. The summed E-state index contributed by atoms with van der Waals surface area (Å²) in [7, 11) is 1.81. The van der Waals surface area contributed by atoms with Crippen LogP contribution in [0.25, 0.3) is 0 Å². The Labute approximate surface area is 179 Å². The first-order valence-corrected chi connectivity index (χ1v) is 11.0. The summed E-state index contributed by atoms with van der Waals surface area (Å²) in [5.74, 6) is 1.65. The third-order valence-corrected chi connectivity index (χ3v) is 6.51. The number of aliphatic hydroxyl groups excluding tert-OH is 1. The Morgan fingerprint density at radius 1 is 1.10 bits per heavy atom. The highest BCUT2D eigenvalue weighted by molar-refractivity contribution is 5.97. The highest BCUT2D eigenvalue weighted by atomic mass is 16.5. The smallest absolute Gasteiger partial charge is 0.227 e. The molecule has 2 heterocycles. The van der Waals surface area contributed by atoms with Gasteiger partial charge in [0, 0.05) is 25.6 Å². The van der Waals surface area contributed by atoms with Gasteiger partial charge >= 0.3 is 0 Å². The zero-order valence-electron chi connectivity index (χ0n) is 18.0. The second kappa shape index (κ2) is 9.19. The Hall–Kier alpha value is -2.37. The number of amides is 1. The number of carbonyl (C=O) groups excluding carboxylic acids is 1. The summed E-state index contributed by atoms with van der Waals surface area (Å²) in [6.45, 7) is 4.95. The summed E-state index contributed by atoms with van der Waals surface area (Å²) >= 11 is 0. The van der Waals surface area contributed by atoms with Gasteiger partial charge < -0.3 is 19.6 Å². The molecule has 1 N–H and O–H groups in total. The molecule has 2 aliphatic rings. The van der Waals surface area contributed by atoms with Crippen molar-refractivity contribution in [1.29, 1.82) is 0 Å². The van der Waals surface area contributed by atoms with Crippen molar-refractivity contribution in [3.63, 3.8) is 0 Å². The average Bonchev–Trinajstić information content (AvgIpc) is 2.77. The Bertz CT molecular complexity index is 862. The molecule has 160 valence electrons. The minimum Gasteiger partial charge on any atom is -0.490 e. The Morgan fingerprint density at radius 3 is 2.57 bits per heavy atom. The fourth-order valence-corrected chi connectivity index (χ4v) is 4.79. The lowest BCUT2D eigenvalue weighted by Crippen LogP contribution is -2.40. The number of hydrogen-bond donors (Lipinski definition) is 1. The highest BCUT2D eigenvalue weighted by Crippen LogP contribution is 2.41. The van der Waals surface area contributed by atoms with E-state index in [0.29, 0.717) is 18.9 Å². The predicted molar refractivity (Wildman–Crippen MR) is 119 cm³/mol. The quantitative estimate of drug-likeness (QED) is 0.790. The molecule has 30 heavy (non-hydrogen) atoms. The number of hydrogen-bond acceptors (Lipinski definition) is 4. The molecule has 1 amide bonds. The molecule has 0 spiro atoms. The second-order valence-electron chi connectivity index (χ2n) is 8.70. The van der Waals surface area contributed by atoms with Gasteiger partial charge in [-0.2, -0.15) is 0 Å². The number of benzene rings is 2. The minimum atomic E-state index is -0.535. The van der Waals surface area contributed by atoms with E-state index in [9.17, 15) is 9.90 Å². The van der Waals surface area contributed by atoms with Crippen LogP contribution in [-0.2, 0) is 4.79 Å². The molecular formula is C25H32N2O3. The van der Waals surface area contributed by atoms with Crippen LogP contribution in [0.5, 0.6) is 5.75 Å². The van der Waals surface area contributed by atoms with Crippen molar-refractivity contribution in [2.24, 2.45) is 0 Å². The van der Waals surface area contributed by atoms with E-state index in [1.54, 1.807) is 4.90 Å². The molecule has 5 heteroatoms. The highest BCUT2D eigenvalue weighted by Gasteiger charge is 2.29. The van der Waals surface area contributed by atoms with Crippen LogP contribution in [0.1, 0.15) is 49.1 Å². The summed E-state index contributed by atoms with van der Waals surface area (Å²) in [6, 6.07) is 16.5. The maximum Gasteiger partial charge on any atom is 0.227 e. The van der Waals surface area contributed by atoms with Crippen molar-refractivity contribution in [1.82, 2.24) is 4.90 Å². The number of carbonyl (C=O) groups is 1. The first-order chi connectivity index (χ1) is 14.5. The molecule has 2 aromatic carbocycles. The van der Waals surface area contributed by atoms with Crippen LogP contribution in [0.2, 0.25) is 0 Å². The fraction of sp³-hybridized carbons (Fsp3) is 0.480. The van der Waals surface area contributed by atoms with Gasteiger partial charge in [0.25, 0.3) is 0 Å². The molecule has 2 unspecified atom stereocenters. The molecule has 0 aromatic heterocycles. The zero-order valence-corrected chi connectivity index (χ0v) is 18.0. The van der Waals surface area contributed by atoms with Crippen LogP contribution in [0.15, 0.2) is 48.5 Å². The lowest BCUT2D eigenvalue weighted by atomic mass is 9.89. The van der Waals surface area contributed by atoms with E-state index in [1.165, 1.54) is 5.56 Å². The van der Waals surface area contributed by atoms with E-state index in [-0.39, 0.29) is 18.4 Å². The summed E-state index contributed by atoms with van der Waals surface area (Å²) < 4.78 is 6.04. The van der Waals surface area contributed by atoms with Crippen LogP contribution in [0, 0.1) is 0 Å². The predicted octanol–water partition coefficient (Wildman–Crippen LogP) is 3.78. The molecule has 2 atom stereocenters. The normalized spacial score (nSPS) is 21.4. The maximum absolute atomic E-state index is 12.1. The van der Waals surface area contributed by atoms with Crippen molar-refractivity contribution < 1.29 is 14.6 Å². The zero-order chi connectivity index (χ0) is 21.1. The number of nitrogens with zero attached hydrogens (tertiary/aromatic N) is 2. The fourth-order valence-electron chi connectivity index (χ4n) is 4.79. The Morgan fingerprint density at radius 2 is 1.83 bits per heavy atom. The summed E-state index contributed by atoms with van der Waals surface area (Å²) in [5.41, 5.74) is 3.40. The summed E-state index contributed by atoms with van der Waals surface area (Å²) in [6.07, 6.45) is 2.21. The lowest BCUT2D eigenvalue weighted by molar-refractivity contribution is -0.119. The monoisotopic (exact) mass is 408 g/mol. The number of aliphatic hydroxyl groups is 1. The summed E-state index contributed by atoms with van der Waals surface area (Å²) in [4.78, 5) is 16.2. The van der Waals surface area contributed by atoms with Crippen molar-refractivity contribution in [2.45, 2.75) is 44.1 Å². The van der Waals surface area contributed by atoms with Crippen molar-refractivity contribution >= 4 is 11.6 Å². The number of rotatable bonds is 6. The van der Waals surface area contributed by atoms with Crippen LogP contribution in [-0.4, -0.2) is 55.3 Å². The van der Waals surface area contributed by atoms with E-state index in [4.69, 9.17) is 4.74 Å². The van der Waals surface area contributed by atoms with E-state index < -0.39 is 6.10 Å². The van der Waals surface area contributed by atoms with E-state index in [2.05, 4.69) is 42.2 Å². The number of fused-ring (bicyclic) bond motifs is 1. The van der Waals surface area contributed by atoms with Crippen LogP contribution in [0.4, 0.5) is 5.69 Å². The van der Waals surface area contributed by atoms with Gasteiger partial charge in [-0.05, 0) is 55.5 Å². The SMILES string of the molecule is CC1CC(=O)N(C)c2cccc(OCC(O)CN3CCC(c4ccccc4)CC3)c21. The molecule has 0 saturated carbocycles. The second-order valence-corrected chi connectivity index (χ2v) is 8.70. The van der Waals surface area contributed by atoms with Gasteiger partial charge in [0.2, 0.25) is 5.91 Å². The van der Waals surface area contributed by atoms with E-state index in [1.807, 2.05) is 25.2 Å². The van der Waals surface area contributed by atoms with Gasteiger partial charge in [-0.1, -0.05) is 43.3 Å². The van der Waals surface area contributed by atoms with Gasteiger partial charge in [-0.15, -0.1) is 0 Å². The Kier molecular flexibility index (Phi) is 6.40. The molecule has 4 rings (SSSR count). The first-order valence-electron chi connectivity index (χ1n) is 11.0. The van der Waals surface area contributed by atoms with Crippen LogP contribution < -0.4 is 9.64 Å². The number of β-amino-alcohol motifs (C(OH)–C–C–N with tert-alkyl or cyclic N) is 1. The number of ether oxygens (including phenoxy) is 1. The van der Waals surface area contributed by atoms with Crippen LogP contribution in [0.3, 0.4) is 0 Å². The minimum absolute atomic E-state index is 0.119. The summed E-state index contributed by atoms with van der Waals surface area (Å²) in [5, 5.41) is 10.6. The van der Waals surface area contributed by atoms with E-state index >= 15 is 0 Å². The lowest BCUT2D eigenvalue weighted by Gasteiger charge is -2.34. The first kappa shape index (κ1) is 20.9. The molecule has 1 saturated heterocycles. The molecular weight excluding hydrogens is 376 g/mol. The molecule has 2 aromatic rings. The molecule has 5 nitrogen and oxygen atoms in total. The maximum atomic E-state index is 12.1. The van der Waals surface area contributed by atoms with Crippen molar-refractivity contribution in [3.05, 3.63) is 59.7 Å². The standard InChI is InChI=1S/C25H32N2O3/c1-18-15-24(29)26(2)22-9-6-10-23(25(18)22)30-17-21(28)16-27-13-11-20(12-14-27)19-7-4-3-5-8-19/h3-10,18,20-21,28H,11-17H2,1-2H3. The molecule has 2 aliphatic heterocycles. The molecule has 1 fully saturated rings. The van der Waals surface area contributed by atoms with E-state index in [0.717, 1.165) is 42.9 Å². The van der Waals surface area contributed by atoms with Crippen LogP contribution >= 0.6 is 0 Å². The van der Waals surface area contributed by atoms with Gasteiger partial charge in [0.15, 0.2) is 0 Å². The van der Waals surface area contributed by atoms with Gasteiger partial charge in [0.05, 0.1) is 5.69 Å². The third kappa shape index (κ3) is 4.52. The Balaban J connectivity index is 1.30. The van der Waals surface area contributed by atoms with Gasteiger partial charge in [0.1, 0.15) is 18.5 Å². The topological polar surface area (TPSA) is 53.0 Å². The van der Waals surface area contributed by atoms with Crippen molar-refractivity contribution in [3.8, 4) is 5.75 Å². The molecule has 0 aliphatic carbocycles. The largest absolute Gasteiger partial charge is 0.490 e. The van der Waals surface area contributed by atoms with Crippen molar-refractivity contribution in [2.75, 3.05) is 38.2 Å². The molecule has 0 radical (unpaired) electrons. The van der Waals surface area contributed by atoms with Gasteiger partial charge in [-0.3, -0.25) is 4.79 Å². The third-order valence-electron chi connectivity index (χ3n) is 6.51. The molecule has 0 bridgehead atoms. The van der Waals surface area contributed by atoms with Gasteiger partial charge in [-0.25, -0.2) is 0 Å².